The Hall–Kier alpha value is -2.86. The molecular formula is C20H21N3O3. The zero-order chi connectivity index (χ0) is 18.1. The number of carbonyl (C=O) groups excluding carboxylic acids is 1. The first-order valence-corrected chi connectivity index (χ1v) is 8.80. The van der Waals surface area contributed by atoms with Gasteiger partial charge in [0, 0.05) is 24.2 Å². The highest BCUT2D eigenvalue weighted by atomic mass is 16.5. The largest absolute Gasteiger partial charge is 0.464 e. The number of aryl methyl sites for hydroxylation is 1. The van der Waals surface area contributed by atoms with Gasteiger partial charge < -0.3 is 14.7 Å². The highest BCUT2D eigenvalue weighted by Gasteiger charge is 2.23. The third-order valence-electron chi connectivity index (χ3n) is 4.67. The van der Waals surface area contributed by atoms with Gasteiger partial charge in [0.05, 0.1) is 30.3 Å². The molecule has 6 heteroatoms. The van der Waals surface area contributed by atoms with Crippen molar-refractivity contribution in [3.05, 3.63) is 65.2 Å². The predicted octanol–water partition coefficient (Wildman–Crippen LogP) is 2.66. The van der Waals surface area contributed by atoms with E-state index in [0.29, 0.717) is 24.4 Å². The Bertz CT molecular complexity index is 895. The lowest BCUT2D eigenvalue weighted by molar-refractivity contribution is -0.127. The summed E-state index contributed by atoms with van der Waals surface area (Å²) >= 11 is 0. The summed E-state index contributed by atoms with van der Waals surface area (Å²) in [5, 5.41) is 14.2. The number of para-hydroxylation sites is 1. The summed E-state index contributed by atoms with van der Waals surface area (Å²) in [5.74, 6) is 0.705. The van der Waals surface area contributed by atoms with Crippen LogP contribution in [-0.2, 0) is 17.9 Å². The normalized spacial score (nSPS) is 17.3. The number of aromatic nitrogens is 2. The molecule has 2 aromatic rings. The van der Waals surface area contributed by atoms with E-state index in [2.05, 4.69) is 5.10 Å². The molecule has 0 bridgehead atoms. The van der Waals surface area contributed by atoms with Crippen molar-refractivity contribution in [3.63, 3.8) is 0 Å². The zero-order valence-corrected chi connectivity index (χ0v) is 14.6. The Morgan fingerprint density at radius 2 is 2.15 bits per heavy atom. The number of amides is 1. The van der Waals surface area contributed by atoms with Crippen LogP contribution in [0.1, 0.15) is 36.4 Å². The fourth-order valence-corrected chi connectivity index (χ4v) is 3.28. The Labute approximate surface area is 152 Å². The molecule has 1 atom stereocenters. The molecule has 1 unspecified atom stereocenters. The lowest BCUT2D eigenvalue weighted by Crippen LogP contribution is -2.31. The Kier molecular flexibility index (Phi) is 4.34. The number of nitrogens with zero attached hydrogens (tertiary/aromatic N) is 3. The van der Waals surface area contributed by atoms with E-state index in [1.165, 1.54) is 0 Å². The fraction of sp³-hybridized carbons (Fsp3) is 0.300. The minimum atomic E-state index is -0.611. The van der Waals surface area contributed by atoms with Gasteiger partial charge in [-0.1, -0.05) is 18.2 Å². The van der Waals surface area contributed by atoms with Gasteiger partial charge in [-0.15, -0.1) is 0 Å². The van der Waals surface area contributed by atoms with Gasteiger partial charge in [0.15, 0.2) is 0 Å². The van der Waals surface area contributed by atoms with Gasteiger partial charge in [-0.25, -0.2) is 0 Å². The second-order valence-electron chi connectivity index (χ2n) is 6.60. The standard InChI is InChI=1S/C20H21N3O3/c1-14(24)18-12-17-13-22(8-4-9-23(17)21-18)20(25)16-7-10-26-19-6-3-2-5-15(19)11-16/h2-3,5-7,10-12,14,24H,4,8-9,13H2,1H3. The molecule has 1 amide bonds. The van der Waals surface area contributed by atoms with E-state index in [-0.39, 0.29) is 5.91 Å². The Balaban J connectivity index is 1.60. The molecule has 0 fully saturated rings. The molecule has 1 aromatic heterocycles. The van der Waals surface area contributed by atoms with E-state index in [4.69, 9.17) is 4.74 Å². The second-order valence-corrected chi connectivity index (χ2v) is 6.60. The van der Waals surface area contributed by atoms with Crippen molar-refractivity contribution >= 4 is 12.0 Å². The maximum Gasteiger partial charge on any atom is 0.254 e. The molecule has 3 heterocycles. The van der Waals surface area contributed by atoms with E-state index < -0.39 is 6.10 Å². The molecule has 0 saturated heterocycles. The average molecular weight is 351 g/mol. The van der Waals surface area contributed by atoms with Gasteiger partial charge in [0.2, 0.25) is 0 Å². The van der Waals surface area contributed by atoms with Crippen LogP contribution in [0.4, 0.5) is 0 Å². The number of ether oxygens (including phenoxy) is 1. The molecule has 0 aliphatic carbocycles. The summed E-state index contributed by atoms with van der Waals surface area (Å²) in [4.78, 5) is 14.9. The van der Waals surface area contributed by atoms with Gasteiger partial charge in [-0.3, -0.25) is 9.48 Å². The highest BCUT2D eigenvalue weighted by molar-refractivity contribution is 6.01. The van der Waals surface area contributed by atoms with Crippen LogP contribution in [0.2, 0.25) is 0 Å². The number of hydrogen-bond acceptors (Lipinski definition) is 4. The van der Waals surface area contributed by atoms with Crippen molar-refractivity contribution < 1.29 is 14.6 Å². The van der Waals surface area contributed by atoms with Crippen LogP contribution in [0.3, 0.4) is 0 Å². The van der Waals surface area contributed by atoms with Crippen molar-refractivity contribution in [2.75, 3.05) is 6.54 Å². The number of hydrogen-bond donors (Lipinski definition) is 1. The van der Waals surface area contributed by atoms with Gasteiger partial charge >= 0.3 is 0 Å². The maximum atomic E-state index is 13.1. The molecule has 134 valence electrons. The number of aliphatic hydroxyl groups excluding tert-OH is 1. The molecular weight excluding hydrogens is 330 g/mol. The molecule has 6 nitrogen and oxygen atoms in total. The number of benzene rings is 1. The van der Waals surface area contributed by atoms with Crippen LogP contribution >= 0.6 is 0 Å². The van der Waals surface area contributed by atoms with Crippen LogP contribution in [0.5, 0.6) is 5.75 Å². The molecule has 0 saturated carbocycles. The molecule has 0 spiro atoms. The summed E-state index contributed by atoms with van der Waals surface area (Å²) in [6.07, 6.45) is 5.35. The quantitative estimate of drug-likeness (QED) is 0.903. The first-order chi connectivity index (χ1) is 12.6. The number of fused-ring (bicyclic) bond motifs is 2. The van der Waals surface area contributed by atoms with Crippen LogP contribution < -0.4 is 4.74 Å². The number of aliphatic hydroxyl groups is 1. The molecule has 2 aliphatic rings. The molecule has 1 N–H and O–H groups in total. The van der Waals surface area contributed by atoms with Crippen molar-refractivity contribution in [2.45, 2.75) is 32.5 Å². The Morgan fingerprint density at radius 1 is 1.31 bits per heavy atom. The van der Waals surface area contributed by atoms with Crippen LogP contribution in [0, 0.1) is 0 Å². The maximum absolute atomic E-state index is 13.1. The summed E-state index contributed by atoms with van der Waals surface area (Å²) in [5.41, 5.74) is 3.07. The van der Waals surface area contributed by atoms with E-state index in [1.807, 2.05) is 46.0 Å². The summed E-state index contributed by atoms with van der Waals surface area (Å²) in [6, 6.07) is 9.52. The van der Waals surface area contributed by atoms with Gasteiger partial charge in [-0.05, 0) is 37.6 Å². The molecule has 26 heavy (non-hydrogen) atoms. The van der Waals surface area contributed by atoms with E-state index in [1.54, 1.807) is 19.3 Å². The average Bonchev–Trinajstić information content (AvgIpc) is 2.81. The second kappa shape index (κ2) is 6.80. The van der Waals surface area contributed by atoms with Crippen LogP contribution in [-0.4, -0.2) is 32.2 Å². The van der Waals surface area contributed by atoms with Crippen LogP contribution in [0.25, 0.3) is 6.08 Å². The smallest absolute Gasteiger partial charge is 0.254 e. The third-order valence-corrected chi connectivity index (χ3v) is 4.67. The lowest BCUT2D eigenvalue weighted by atomic mass is 10.1. The van der Waals surface area contributed by atoms with Crippen molar-refractivity contribution in [2.24, 2.45) is 0 Å². The number of carbonyl (C=O) groups is 1. The first kappa shape index (κ1) is 16.6. The summed E-state index contributed by atoms with van der Waals surface area (Å²) < 4.78 is 7.48. The fourth-order valence-electron chi connectivity index (χ4n) is 3.28. The first-order valence-electron chi connectivity index (χ1n) is 8.80. The van der Waals surface area contributed by atoms with Gasteiger partial charge in [0.1, 0.15) is 5.75 Å². The SMILES string of the molecule is CC(O)c1cc2n(n1)CCCN(C(=O)C1=Cc3ccccc3OC=C1)C2. The summed E-state index contributed by atoms with van der Waals surface area (Å²) in [7, 11) is 0. The zero-order valence-electron chi connectivity index (χ0n) is 14.6. The Morgan fingerprint density at radius 3 is 3.00 bits per heavy atom. The van der Waals surface area contributed by atoms with Gasteiger partial charge in [0.25, 0.3) is 5.91 Å². The topological polar surface area (TPSA) is 67.6 Å². The minimum absolute atomic E-state index is 0.0326. The minimum Gasteiger partial charge on any atom is -0.464 e. The van der Waals surface area contributed by atoms with Crippen LogP contribution in [0.15, 0.2) is 48.2 Å². The van der Waals surface area contributed by atoms with E-state index in [0.717, 1.165) is 30.0 Å². The predicted molar refractivity (Wildman–Crippen MR) is 97.1 cm³/mol. The number of rotatable bonds is 2. The molecule has 2 aliphatic heterocycles. The third kappa shape index (κ3) is 3.15. The van der Waals surface area contributed by atoms with E-state index >= 15 is 0 Å². The lowest BCUT2D eigenvalue weighted by Gasteiger charge is -2.20. The summed E-state index contributed by atoms with van der Waals surface area (Å²) in [6.45, 7) is 3.59. The highest BCUT2D eigenvalue weighted by Crippen LogP contribution is 2.26. The molecule has 1 aromatic carbocycles. The molecule has 0 radical (unpaired) electrons. The van der Waals surface area contributed by atoms with Crippen molar-refractivity contribution in [1.82, 2.24) is 14.7 Å². The van der Waals surface area contributed by atoms with Gasteiger partial charge in [-0.2, -0.15) is 5.10 Å². The molecule has 4 rings (SSSR count). The van der Waals surface area contributed by atoms with Crippen molar-refractivity contribution in [3.8, 4) is 5.75 Å². The van der Waals surface area contributed by atoms with E-state index in [9.17, 15) is 9.90 Å². The monoisotopic (exact) mass is 351 g/mol. The van der Waals surface area contributed by atoms with Crippen molar-refractivity contribution in [1.29, 1.82) is 0 Å².